The van der Waals surface area contributed by atoms with Crippen LogP contribution in [0.4, 0.5) is 15.8 Å². The summed E-state index contributed by atoms with van der Waals surface area (Å²) in [5.41, 5.74) is 2.54. The summed E-state index contributed by atoms with van der Waals surface area (Å²) in [5, 5.41) is 3.33. The van der Waals surface area contributed by atoms with Crippen LogP contribution in [0.15, 0.2) is 48.5 Å². The van der Waals surface area contributed by atoms with E-state index in [0.717, 1.165) is 17.8 Å². The van der Waals surface area contributed by atoms with Gasteiger partial charge in [0, 0.05) is 19.3 Å². The van der Waals surface area contributed by atoms with Crippen molar-refractivity contribution in [2.75, 3.05) is 18.5 Å². The molecule has 2 aromatic carbocycles. The lowest BCUT2D eigenvalue weighted by atomic mass is 10.1. The van der Waals surface area contributed by atoms with E-state index < -0.39 is 0 Å². The highest BCUT2D eigenvalue weighted by atomic mass is 19.1. The minimum Gasteiger partial charge on any atom is -0.342 e. The van der Waals surface area contributed by atoms with Gasteiger partial charge in [-0.1, -0.05) is 38.1 Å². The first kappa shape index (κ1) is 15.5. The Bertz CT molecular complexity index is 567. The Balaban J connectivity index is 2.08. The number of nitrogens with zero attached hydrogens (tertiary/aromatic N) is 1. The van der Waals surface area contributed by atoms with Crippen molar-refractivity contribution >= 4 is 11.4 Å². The zero-order chi connectivity index (χ0) is 15.2. The van der Waals surface area contributed by atoms with Gasteiger partial charge in [-0.3, -0.25) is 0 Å². The molecule has 0 saturated carbocycles. The summed E-state index contributed by atoms with van der Waals surface area (Å²) in [4.78, 5) is 1.86. The SMILES string of the molecule is CC(C)CNCc1ccc(N(C)c2ccccc2)c(F)c1. The molecule has 21 heavy (non-hydrogen) atoms. The number of para-hydroxylation sites is 1. The Kier molecular flexibility index (Phi) is 5.34. The van der Waals surface area contributed by atoms with Gasteiger partial charge in [-0.05, 0) is 42.3 Å². The molecule has 0 unspecified atom stereocenters. The molecule has 0 saturated heterocycles. The first-order valence-electron chi connectivity index (χ1n) is 7.36. The second-order valence-corrected chi connectivity index (χ2v) is 5.71. The lowest BCUT2D eigenvalue weighted by Gasteiger charge is -2.20. The minimum absolute atomic E-state index is 0.190. The van der Waals surface area contributed by atoms with Gasteiger partial charge in [-0.2, -0.15) is 0 Å². The number of benzene rings is 2. The molecule has 0 aliphatic heterocycles. The van der Waals surface area contributed by atoms with Gasteiger partial charge in [-0.25, -0.2) is 4.39 Å². The van der Waals surface area contributed by atoms with Crippen molar-refractivity contribution < 1.29 is 4.39 Å². The Morgan fingerprint density at radius 1 is 1.10 bits per heavy atom. The van der Waals surface area contributed by atoms with E-state index in [-0.39, 0.29) is 5.82 Å². The predicted octanol–water partition coefficient (Wildman–Crippen LogP) is 4.34. The molecule has 2 nitrogen and oxygen atoms in total. The van der Waals surface area contributed by atoms with Gasteiger partial charge in [0.1, 0.15) is 5.82 Å². The molecule has 2 rings (SSSR count). The zero-order valence-corrected chi connectivity index (χ0v) is 12.9. The van der Waals surface area contributed by atoms with Gasteiger partial charge >= 0.3 is 0 Å². The maximum Gasteiger partial charge on any atom is 0.147 e. The van der Waals surface area contributed by atoms with E-state index in [2.05, 4.69) is 19.2 Å². The fourth-order valence-electron chi connectivity index (χ4n) is 2.23. The van der Waals surface area contributed by atoms with E-state index >= 15 is 0 Å². The summed E-state index contributed by atoms with van der Waals surface area (Å²) in [6, 6.07) is 15.2. The summed E-state index contributed by atoms with van der Waals surface area (Å²) >= 11 is 0. The van der Waals surface area contributed by atoms with Crippen LogP contribution in [0, 0.1) is 11.7 Å². The summed E-state index contributed by atoms with van der Waals surface area (Å²) in [7, 11) is 1.88. The van der Waals surface area contributed by atoms with Crippen LogP contribution in [0.25, 0.3) is 0 Å². The second-order valence-electron chi connectivity index (χ2n) is 5.71. The normalized spacial score (nSPS) is 10.9. The highest BCUT2D eigenvalue weighted by Crippen LogP contribution is 2.26. The first-order chi connectivity index (χ1) is 10.1. The van der Waals surface area contributed by atoms with Crippen LogP contribution in [0.2, 0.25) is 0 Å². The molecule has 0 fully saturated rings. The molecule has 0 bridgehead atoms. The smallest absolute Gasteiger partial charge is 0.147 e. The molecule has 2 aromatic rings. The number of anilines is 2. The average molecular weight is 286 g/mol. The molecule has 0 aliphatic rings. The lowest BCUT2D eigenvalue weighted by Crippen LogP contribution is -2.19. The van der Waals surface area contributed by atoms with Gasteiger partial charge in [0.15, 0.2) is 0 Å². The van der Waals surface area contributed by atoms with Crippen molar-refractivity contribution in [2.45, 2.75) is 20.4 Å². The van der Waals surface area contributed by atoms with E-state index in [1.807, 2.05) is 54.4 Å². The fourth-order valence-corrected chi connectivity index (χ4v) is 2.23. The predicted molar refractivity (Wildman–Crippen MR) is 87.4 cm³/mol. The summed E-state index contributed by atoms with van der Waals surface area (Å²) in [6.07, 6.45) is 0. The molecule has 0 heterocycles. The largest absolute Gasteiger partial charge is 0.342 e. The van der Waals surface area contributed by atoms with Crippen LogP contribution < -0.4 is 10.2 Å². The summed E-state index contributed by atoms with van der Waals surface area (Å²) in [5.74, 6) is 0.406. The van der Waals surface area contributed by atoms with E-state index in [9.17, 15) is 4.39 Å². The first-order valence-corrected chi connectivity index (χ1v) is 7.36. The van der Waals surface area contributed by atoms with E-state index in [1.165, 1.54) is 0 Å². The second kappa shape index (κ2) is 7.23. The number of hydrogen-bond acceptors (Lipinski definition) is 2. The topological polar surface area (TPSA) is 15.3 Å². The molecule has 0 spiro atoms. The van der Waals surface area contributed by atoms with Crippen molar-refractivity contribution in [3.63, 3.8) is 0 Å². The molecule has 112 valence electrons. The third-order valence-corrected chi connectivity index (χ3v) is 3.40. The summed E-state index contributed by atoms with van der Waals surface area (Å²) < 4.78 is 14.3. The van der Waals surface area contributed by atoms with Gasteiger partial charge in [0.25, 0.3) is 0 Å². The molecule has 0 atom stereocenters. The van der Waals surface area contributed by atoms with Crippen molar-refractivity contribution in [1.82, 2.24) is 5.32 Å². The third kappa shape index (κ3) is 4.30. The van der Waals surface area contributed by atoms with E-state index in [0.29, 0.717) is 18.2 Å². The molecular formula is C18H23FN2. The Morgan fingerprint density at radius 2 is 1.81 bits per heavy atom. The van der Waals surface area contributed by atoms with Crippen molar-refractivity contribution in [2.24, 2.45) is 5.92 Å². The van der Waals surface area contributed by atoms with Gasteiger partial charge in [-0.15, -0.1) is 0 Å². The van der Waals surface area contributed by atoms with Crippen LogP contribution in [-0.4, -0.2) is 13.6 Å². The summed E-state index contributed by atoms with van der Waals surface area (Å²) in [6.45, 7) is 5.95. The van der Waals surface area contributed by atoms with Crippen molar-refractivity contribution in [3.8, 4) is 0 Å². The van der Waals surface area contributed by atoms with Crippen LogP contribution in [-0.2, 0) is 6.54 Å². The fraction of sp³-hybridized carbons (Fsp3) is 0.333. The molecule has 3 heteroatoms. The third-order valence-electron chi connectivity index (χ3n) is 3.40. The van der Waals surface area contributed by atoms with Crippen LogP contribution in [0.1, 0.15) is 19.4 Å². The minimum atomic E-state index is -0.190. The lowest BCUT2D eigenvalue weighted by molar-refractivity contribution is 0.550. The standard InChI is InChI=1S/C18H23FN2/c1-14(2)12-20-13-15-9-10-18(17(19)11-15)21(3)16-7-5-4-6-8-16/h4-11,14,20H,12-13H2,1-3H3. The Morgan fingerprint density at radius 3 is 2.43 bits per heavy atom. The number of halogens is 1. The average Bonchev–Trinajstić information content (AvgIpc) is 2.47. The molecule has 0 amide bonds. The van der Waals surface area contributed by atoms with Crippen LogP contribution in [0.5, 0.6) is 0 Å². The number of rotatable bonds is 6. The molecule has 1 N–H and O–H groups in total. The van der Waals surface area contributed by atoms with Crippen molar-refractivity contribution in [3.05, 3.63) is 59.9 Å². The monoisotopic (exact) mass is 286 g/mol. The number of hydrogen-bond donors (Lipinski definition) is 1. The van der Waals surface area contributed by atoms with Crippen LogP contribution >= 0.6 is 0 Å². The highest BCUT2D eigenvalue weighted by molar-refractivity contribution is 5.63. The Labute approximate surface area is 126 Å². The van der Waals surface area contributed by atoms with Crippen LogP contribution in [0.3, 0.4) is 0 Å². The zero-order valence-electron chi connectivity index (χ0n) is 12.9. The molecule has 0 aromatic heterocycles. The van der Waals surface area contributed by atoms with Crippen molar-refractivity contribution in [1.29, 1.82) is 0 Å². The maximum absolute atomic E-state index is 14.3. The molecule has 0 radical (unpaired) electrons. The molecular weight excluding hydrogens is 263 g/mol. The highest BCUT2D eigenvalue weighted by Gasteiger charge is 2.10. The van der Waals surface area contributed by atoms with Gasteiger partial charge in [0.2, 0.25) is 0 Å². The quantitative estimate of drug-likeness (QED) is 0.850. The van der Waals surface area contributed by atoms with Gasteiger partial charge in [0.05, 0.1) is 5.69 Å². The molecule has 0 aliphatic carbocycles. The maximum atomic E-state index is 14.3. The van der Waals surface area contributed by atoms with E-state index in [1.54, 1.807) is 6.07 Å². The van der Waals surface area contributed by atoms with Gasteiger partial charge < -0.3 is 10.2 Å². The van der Waals surface area contributed by atoms with E-state index in [4.69, 9.17) is 0 Å². The Hall–Kier alpha value is -1.87. The number of nitrogens with one attached hydrogen (secondary N) is 1.